The zero-order valence-corrected chi connectivity index (χ0v) is 12.4. The molecular weight excluding hydrogens is 268 g/mol. The highest BCUT2D eigenvalue weighted by Crippen LogP contribution is 2.20. The van der Waals surface area contributed by atoms with Crippen molar-refractivity contribution in [2.45, 2.75) is 26.3 Å². The third-order valence-electron chi connectivity index (χ3n) is 3.30. The van der Waals surface area contributed by atoms with Crippen molar-refractivity contribution in [1.29, 1.82) is 0 Å². The van der Waals surface area contributed by atoms with Gasteiger partial charge in [0.15, 0.2) is 5.65 Å². The Hall–Kier alpha value is -1.72. The van der Waals surface area contributed by atoms with Gasteiger partial charge in [-0.2, -0.15) is 0 Å². The maximum atomic E-state index is 5.65. The van der Waals surface area contributed by atoms with E-state index in [-0.39, 0.29) is 0 Å². The van der Waals surface area contributed by atoms with Crippen molar-refractivity contribution < 1.29 is 0 Å². The van der Waals surface area contributed by atoms with Crippen LogP contribution >= 0.6 is 11.3 Å². The van der Waals surface area contributed by atoms with E-state index >= 15 is 0 Å². The van der Waals surface area contributed by atoms with E-state index in [1.54, 1.807) is 11.3 Å². The van der Waals surface area contributed by atoms with Crippen LogP contribution in [0.4, 0.5) is 0 Å². The Bertz CT molecular complexity index is 700. The Balaban J connectivity index is 2.03. The van der Waals surface area contributed by atoms with E-state index in [4.69, 9.17) is 10.7 Å². The molecule has 4 nitrogen and oxygen atoms in total. The zero-order chi connectivity index (χ0) is 13.9. The standard InChI is InChI=1S/C15H18N4S/c1-11-8-13-15(17-10-11)19(6-3-5-16)14(18-13)9-12-4-2-7-20-12/h2,4,7-8,10H,3,5-6,9,16H2,1H3. The van der Waals surface area contributed by atoms with Crippen molar-refractivity contribution >= 4 is 22.5 Å². The van der Waals surface area contributed by atoms with Gasteiger partial charge in [0.25, 0.3) is 0 Å². The Kier molecular flexibility index (Phi) is 3.80. The summed E-state index contributed by atoms with van der Waals surface area (Å²) >= 11 is 1.76. The van der Waals surface area contributed by atoms with Crippen LogP contribution in [-0.4, -0.2) is 21.1 Å². The van der Waals surface area contributed by atoms with E-state index < -0.39 is 0 Å². The lowest BCUT2D eigenvalue weighted by Gasteiger charge is -2.07. The van der Waals surface area contributed by atoms with Gasteiger partial charge >= 0.3 is 0 Å². The van der Waals surface area contributed by atoms with Gasteiger partial charge in [-0.25, -0.2) is 9.97 Å². The van der Waals surface area contributed by atoms with Crippen molar-refractivity contribution in [2.75, 3.05) is 6.54 Å². The van der Waals surface area contributed by atoms with Gasteiger partial charge in [-0.3, -0.25) is 0 Å². The minimum Gasteiger partial charge on any atom is -0.330 e. The van der Waals surface area contributed by atoms with E-state index in [0.717, 1.165) is 41.9 Å². The average Bonchev–Trinajstić information content (AvgIpc) is 3.04. The van der Waals surface area contributed by atoms with Crippen LogP contribution in [0, 0.1) is 6.92 Å². The lowest BCUT2D eigenvalue weighted by molar-refractivity contribution is 0.636. The molecule has 0 atom stereocenters. The van der Waals surface area contributed by atoms with Crippen LogP contribution in [0.1, 0.15) is 22.7 Å². The number of rotatable bonds is 5. The molecule has 104 valence electrons. The van der Waals surface area contributed by atoms with Gasteiger partial charge in [0.2, 0.25) is 0 Å². The Labute approximate surface area is 122 Å². The highest BCUT2D eigenvalue weighted by atomic mass is 32.1. The number of hydrogen-bond donors (Lipinski definition) is 1. The highest BCUT2D eigenvalue weighted by molar-refractivity contribution is 7.09. The molecule has 3 aromatic rings. The van der Waals surface area contributed by atoms with E-state index in [1.165, 1.54) is 4.88 Å². The molecule has 2 N–H and O–H groups in total. The molecule has 20 heavy (non-hydrogen) atoms. The molecular formula is C15H18N4S. The third-order valence-corrected chi connectivity index (χ3v) is 4.18. The summed E-state index contributed by atoms with van der Waals surface area (Å²) in [4.78, 5) is 10.6. The van der Waals surface area contributed by atoms with Gasteiger partial charge in [0.1, 0.15) is 11.3 Å². The smallest absolute Gasteiger partial charge is 0.160 e. The minimum absolute atomic E-state index is 0.685. The van der Waals surface area contributed by atoms with Gasteiger partial charge in [-0.1, -0.05) is 6.07 Å². The summed E-state index contributed by atoms with van der Waals surface area (Å²) in [5, 5.41) is 2.10. The number of nitrogens with zero attached hydrogens (tertiary/aromatic N) is 3. The van der Waals surface area contributed by atoms with E-state index in [0.29, 0.717) is 6.54 Å². The fraction of sp³-hybridized carbons (Fsp3) is 0.333. The first-order valence-corrected chi connectivity index (χ1v) is 7.70. The number of pyridine rings is 1. The predicted octanol–water partition coefficient (Wildman–Crippen LogP) is 2.74. The first-order chi connectivity index (χ1) is 9.78. The molecule has 0 bridgehead atoms. The summed E-state index contributed by atoms with van der Waals surface area (Å²) in [6.07, 6.45) is 3.70. The van der Waals surface area contributed by atoms with Crippen molar-refractivity contribution in [3.05, 3.63) is 46.0 Å². The van der Waals surface area contributed by atoms with E-state index in [9.17, 15) is 0 Å². The fourth-order valence-electron chi connectivity index (χ4n) is 2.35. The number of aryl methyl sites for hydroxylation is 2. The number of thiophene rings is 1. The van der Waals surface area contributed by atoms with Crippen molar-refractivity contribution in [2.24, 2.45) is 5.73 Å². The summed E-state index contributed by atoms with van der Waals surface area (Å²) in [5.74, 6) is 1.08. The predicted molar refractivity (Wildman–Crippen MR) is 83.1 cm³/mol. The van der Waals surface area contributed by atoms with Crippen LogP contribution in [0.5, 0.6) is 0 Å². The van der Waals surface area contributed by atoms with Crippen molar-refractivity contribution in [3.63, 3.8) is 0 Å². The third kappa shape index (κ3) is 2.59. The molecule has 0 saturated heterocycles. The molecule has 0 radical (unpaired) electrons. The molecule has 0 unspecified atom stereocenters. The monoisotopic (exact) mass is 286 g/mol. The molecule has 0 aliphatic heterocycles. The largest absolute Gasteiger partial charge is 0.330 e. The van der Waals surface area contributed by atoms with Crippen LogP contribution in [-0.2, 0) is 13.0 Å². The second-order valence-corrected chi connectivity index (χ2v) is 5.97. The van der Waals surface area contributed by atoms with Crippen LogP contribution < -0.4 is 5.73 Å². The summed E-state index contributed by atoms with van der Waals surface area (Å²) in [7, 11) is 0. The number of imidazole rings is 1. The first-order valence-electron chi connectivity index (χ1n) is 6.82. The van der Waals surface area contributed by atoms with Crippen LogP contribution in [0.3, 0.4) is 0 Å². The van der Waals surface area contributed by atoms with E-state index in [2.05, 4.69) is 33.1 Å². The van der Waals surface area contributed by atoms with Gasteiger partial charge in [-0.05, 0) is 43.0 Å². The van der Waals surface area contributed by atoms with Gasteiger partial charge < -0.3 is 10.3 Å². The van der Waals surface area contributed by atoms with Gasteiger partial charge in [-0.15, -0.1) is 11.3 Å². The highest BCUT2D eigenvalue weighted by Gasteiger charge is 2.12. The summed E-state index contributed by atoms with van der Waals surface area (Å²) < 4.78 is 2.21. The topological polar surface area (TPSA) is 56.7 Å². The minimum atomic E-state index is 0.685. The van der Waals surface area contributed by atoms with Crippen molar-refractivity contribution in [3.8, 4) is 0 Å². The number of nitrogens with two attached hydrogens (primary N) is 1. The van der Waals surface area contributed by atoms with Crippen LogP contribution in [0.2, 0.25) is 0 Å². The van der Waals surface area contributed by atoms with E-state index in [1.807, 2.05) is 13.1 Å². The molecule has 0 saturated carbocycles. The summed E-state index contributed by atoms with van der Waals surface area (Å²) in [6, 6.07) is 6.32. The molecule has 0 amide bonds. The number of aromatic nitrogens is 3. The lowest BCUT2D eigenvalue weighted by atomic mass is 10.3. The molecule has 0 aromatic carbocycles. The zero-order valence-electron chi connectivity index (χ0n) is 11.5. The maximum absolute atomic E-state index is 5.65. The van der Waals surface area contributed by atoms with Crippen LogP contribution in [0.25, 0.3) is 11.2 Å². The second-order valence-electron chi connectivity index (χ2n) is 4.93. The van der Waals surface area contributed by atoms with Crippen molar-refractivity contribution in [1.82, 2.24) is 14.5 Å². The van der Waals surface area contributed by atoms with Gasteiger partial charge in [0.05, 0.1) is 0 Å². The molecule has 0 aliphatic rings. The normalized spacial score (nSPS) is 11.3. The Morgan fingerprint density at radius 2 is 2.30 bits per heavy atom. The first kappa shape index (κ1) is 13.3. The lowest BCUT2D eigenvalue weighted by Crippen LogP contribution is -2.09. The molecule has 0 spiro atoms. The quantitative estimate of drug-likeness (QED) is 0.784. The SMILES string of the molecule is Cc1cnc2c(c1)nc(Cc1cccs1)n2CCCN. The maximum Gasteiger partial charge on any atom is 0.160 e. The summed E-state index contributed by atoms with van der Waals surface area (Å²) in [6.45, 7) is 3.61. The number of fused-ring (bicyclic) bond motifs is 1. The average molecular weight is 286 g/mol. The molecule has 3 aromatic heterocycles. The molecule has 3 heterocycles. The second kappa shape index (κ2) is 5.73. The summed E-state index contributed by atoms with van der Waals surface area (Å²) in [5.41, 5.74) is 8.74. The van der Waals surface area contributed by atoms with Crippen LogP contribution in [0.15, 0.2) is 29.8 Å². The molecule has 3 rings (SSSR count). The molecule has 5 heteroatoms. The fourth-order valence-corrected chi connectivity index (χ4v) is 3.05. The number of hydrogen-bond acceptors (Lipinski definition) is 4. The van der Waals surface area contributed by atoms with Gasteiger partial charge in [0, 0.05) is 24.0 Å². The Morgan fingerprint density at radius 1 is 1.40 bits per heavy atom. The molecule has 0 aliphatic carbocycles. The molecule has 0 fully saturated rings. The Morgan fingerprint density at radius 3 is 3.05 bits per heavy atom.